The van der Waals surface area contributed by atoms with E-state index in [2.05, 4.69) is 26.3 Å². The van der Waals surface area contributed by atoms with E-state index in [0.717, 1.165) is 35.5 Å². The number of H-pyrrole nitrogens is 1. The van der Waals surface area contributed by atoms with Crippen LogP contribution in [0.4, 0.5) is 10.3 Å². The second kappa shape index (κ2) is 8.00. The number of benzene rings is 2. The molecule has 2 N–H and O–H groups in total. The first-order chi connectivity index (χ1) is 15.2. The van der Waals surface area contributed by atoms with Gasteiger partial charge in [0.25, 0.3) is 0 Å². The van der Waals surface area contributed by atoms with E-state index in [-0.39, 0.29) is 5.82 Å². The van der Waals surface area contributed by atoms with Crippen LogP contribution in [0.1, 0.15) is 29.8 Å². The minimum atomic E-state index is -0.299. The lowest BCUT2D eigenvalue weighted by Gasteiger charge is -2.06. The Hall–Kier alpha value is -4.05. The lowest BCUT2D eigenvalue weighted by molar-refractivity contribution is 0.628. The molecule has 0 atom stereocenters. The van der Waals surface area contributed by atoms with Crippen LogP contribution >= 0.6 is 0 Å². The second-order valence-electron chi connectivity index (χ2n) is 7.59. The zero-order chi connectivity index (χ0) is 21.2. The Bertz CT molecular complexity index is 1270. The van der Waals surface area contributed by atoms with E-state index in [0.29, 0.717) is 35.4 Å². The summed E-state index contributed by atoms with van der Waals surface area (Å²) in [7, 11) is 0. The van der Waals surface area contributed by atoms with Crippen molar-refractivity contribution in [2.45, 2.75) is 25.3 Å². The molecule has 4 aromatic rings. The highest BCUT2D eigenvalue weighted by Gasteiger charge is 2.22. The number of nitriles is 1. The quantitative estimate of drug-likeness (QED) is 0.480. The zero-order valence-corrected chi connectivity index (χ0v) is 16.6. The van der Waals surface area contributed by atoms with Gasteiger partial charge in [-0.05, 0) is 60.9 Å². The Labute approximate surface area is 178 Å². The molecular formula is C24H19FN6. The van der Waals surface area contributed by atoms with Crippen LogP contribution in [0, 0.1) is 17.1 Å². The lowest BCUT2D eigenvalue weighted by Crippen LogP contribution is -2.05. The number of aromatic amines is 1. The first kappa shape index (κ1) is 18.9. The van der Waals surface area contributed by atoms with Gasteiger partial charge in [-0.3, -0.25) is 0 Å². The smallest absolute Gasteiger partial charge is 0.223 e. The number of halogens is 1. The van der Waals surface area contributed by atoms with Gasteiger partial charge in [0.1, 0.15) is 11.6 Å². The number of hydrogen-bond donors (Lipinski definition) is 2. The van der Waals surface area contributed by atoms with Gasteiger partial charge in [-0.25, -0.2) is 19.3 Å². The fourth-order valence-electron chi connectivity index (χ4n) is 3.43. The molecule has 2 aromatic carbocycles. The lowest BCUT2D eigenvalue weighted by atomic mass is 10.1. The average molecular weight is 410 g/mol. The number of nitrogens with one attached hydrogen (secondary N) is 2. The van der Waals surface area contributed by atoms with Crippen molar-refractivity contribution in [2.75, 3.05) is 5.32 Å². The minimum absolute atomic E-state index is 0.299. The molecule has 31 heavy (non-hydrogen) atoms. The summed E-state index contributed by atoms with van der Waals surface area (Å²) in [6.45, 7) is 0. The van der Waals surface area contributed by atoms with E-state index in [9.17, 15) is 4.39 Å². The maximum absolute atomic E-state index is 13.5. The van der Waals surface area contributed by atoms with Crippen LogP contribution < -0.4 is 5.32 Å². The van der Waals surface area contributed by atoms with E-state index in [1.165, 1.54) is 12.1 Å². The first-order valence-corrected chi connectivity index (χ1v) is 10.1. The molecule has 0 unspecified atom stereocenters. The second-order valence-corrected chi connectivity index (χ2v) is 7.59. The normalized spacial score (nSPS) is 13.0. The third-order valence-corrected chi connectivity index (χ3v) is 5.12. The molecule has 7 heteroatoms. The molecule has 0 radical (unpaired) electrons. The topological polar surface area (TPSA) is 90.3 Å². The molecule has 0 aliphatic heterocycles. The molecule has 5 rings (SSSR count). The van der Waals surface area contributed by atoms with Gasteiger partial charge in [0.2, 0.25) is 5.95 Å². The molecule has 152 valence electrons. The predicted molar refractivity (Wildman–Crippen MR) is 116 cm³/mol. The number of aromatic nitrogens is 4. The Morgan fingerprint density at radius 3 is 2.71 bits per heavy atom. The summed E-state index contributed by atoms with van der Waals surface area (Å²) < 4.78 is 13.5. The van der Waals surface area contributed by atoms with E-state index >= 15 is 0 Å². The summed E-state index contributed by atoms with van der Waals surface area (Å²) in [5, 5.41) is 12.5. The fraction of sp³-hybridized carbons (Fsp3) is 0.167. The standard InChI is InChI=1S/C24H19FN6/c25-18-6-4-17(5-7-18)22-23(20-10-11-27-24(29-20)28-19-8-9-19)31-21(30-22)13-15-2-1-3-16(12-15)14-26/h1-7,10-12,19H,8-9,13H2,(H,30,31)(H,27,28,29). The molecule has 0 amide bonds. The summed E-state index contributed by atoms with van der Waals surface area (Å²) in [6.07, 6.45) is 4.51. The molecule has 0 spiro atoms. The monoisotopic (exact) mass is 410 g/mol. The van der Waals surface area contributed by atoms with Crippen molar-refractivity contribution in [2.24, 2.45) is 0 Å². The summed E-state index contributed by atoms with van der Waals surface area (Å²) in [5.41, 5.74) is 4.53. The summed E-state index contributed by atoms with van der Waals surface area (Å²) in [4.78, 5) is 17.2. The highest BCUT2D eigenvalue weighted by molar-refractivity contribution is 5.77. The van der Waals surface area contributed by atoms with Gasteiger partial charge in [0, 0.05) is 24.2 Å². The van der Waals surface area contributed by atoms with Crippen LogP contribution in [0.15, 0.2) is 60.8 Å². The SMILES string of the molecule is N#Cc1cccc(Cc2nc(-c3ccc(F)cc3)c(-c3ccnc(NC4CC4)n3)[nH]2)c1. The van der Waals surface area contributed by atoms with E-state index in [4.69, 9.17) is 10.2 Å². The van der Waals surface area contributed by atoms with Gasteiger partial charge in [-0.1, -0.05) is 12.1 Å². The number of hydrogen-bond acceptors (Lipinski definition) is 5. The molecule has 0 saturated heterocycles. The average Bonchev–Trinajstić information content (AvgIpc) is 3.51. The number of nitrogens with zero attached hydrogens (tertiary/aromatic N) is 4. The Balaban J connectivity index is 1.55. The Morgan fingerprint density at radius 2 is 1.94 bits per heavy atom. The maximum atomic E-state index is 13.5. The maximum Gasteiger partial charge on any atom is 0.223 e. The largest absolute Gasteiger partial charge is 0.351 e. The molecule has 1 aliphatic rings. The molecular weight excluding hydrogens is 391 g/mol. The number of anilines is 1. The summed E-state index contributed by atoms with van der Waals surface area (Å²) in [5.74, 6) is 1.02. The van der Waals surface area contributed by atoms with Crippen molar-refractivity contribution in [3.63, 3.8) is 0 Å². The highest BCUT2D eigenvalue weighted by atomic mass is 19.1. The van der Waals surface area contributed by atoms with E-state index in [1.54, 1.807) is 24.4 Å². The first-order valence-electron chi connectivity index (χ1n) is 10.1. The third-order valence-electron chi connectivity index (χ3n) is 5.12. The van der Waals surface area contributed by atoms with Crippen LogP contribution in [-0.4, -0.2) is 26.0 Å². The molecule has 2 heterocycles. The van der Waals surface area contributed by atoms with Crippen molar-refractivity contribution < 1.29 is 4.39 Å². The van der Waals surface area contributed by atoms with Gasteiger partial charge >= 0.3 is 0 Å². The van der Waals surface area contributed by atoms with Crippen LogP contribution in [-0.2, 0) is 6.42 Å². The van der Waals surface area contributed by atoms with Crippen LogP contribution in [0.25, 0.3) is 22.6 Å². The van der Waals surface area contributed by atoms with Crippen molar-refractivity contribution in [3.05, 3.63) is 83.6 Å². The van der Waals surface area contributed by atoms with Gasteiger partial charge in [0.15, 0.2) is 0 Å². The highest BCUT2D eigenvalue weighted by Crippen LogP contribution is 2.31. The van der Waals surface area contributed by atoms with Crippen LogP contribution in [0.2, 0.25) is 0 Å². The predicted octanol–water partition coefficient (Wildman–Crippen LogP) is 4.71. The van der Waals surface area contributed by atoms with Gasteiger partial charge < -0.3 is 10.3 Å². The fourth-order valence-corrected chi connectivity index (χ4v) is 3.43. The molecule has 2 aromatic heterocycles. The summed E-state index contributed by atoms with van der Waals surface area (Å²) in [6, 6.07) is 18.1. The van der Waals surface area contributed by atoms with E-state index < -0.39 is 0 Å². The molecule has 1 saturated carbocycles. The van der Waals surface area contributed by atoms with Crippen molar-refractivity contribution >= 4 is 5.95 Å². The van der Waals surface area contributed by atoms with Crippen molar-refractivity contribution in [3.8, 4) is 28.7 Å². The van der Waals surface area contributed by atoms with Crippen molar-refractivity contribution in [1.29, 1.82) is 5.26 Å². The molecule has 1 fully saturated rings. The Morgan fingerprint density at radius 1 is 1.10 bits per heavy atom. The number of imidazole rings is 1. The number of rotatable bonds is 6. The van der Waals surface area contributed by atoms with Gasteiger partial charge in [0.05, 0.1) is 28.7 Å². The molecule has 0 bridgehead atoms. The third kappa shape index (κ3) is 4.28. The van der Waals surface area contributed by atoms with Crippen LogP contribution in [0.5, 0.6) is 0 Å². The van der Waals surface area contributed by atoms with Gasteiger partial charge in [-0.2, -0.15) is 5.26 Å². The molecule has 1 aliphatic carbocycles. The minimum Gasteiger partial charge on any atom is -0.351 e. The zero-order valence-electron chi connectivity index (χ0n) is 16.6. The summed E-state index contributed by atoms with van der Waals surface area (Å²) >= 11 is 0. The molecule has 6 nitrogen and oxygen atoms in total. The van der Waals surface area contributed by atoms with Crippen LogP contribution in [0.3, 0.4) is 0 Å². The van der Waals surface area contributed by atoms with Gasteiger partial charge in [-0.15, -0.1) is 0 Å². The van der Waals surface area contributed by atoms with Crippen molar-refractivity contribution in [1.82, 2.24) is 19.9 Å². The Kier molecular flexibility index (Phi) is 4.89. The van der Waals surface area contributed by atoms with E-state index in [1.807, 2.05) is 24.3 Å².